The third-order valence-corrected chi connectivity index (χ3v) is 5.34. The van der Waals surface area contributed by atoms with E-state index in [1.807, 2.05) is 29.3 Å². The highest BCUT2D eigenvalue weighted by atomic mass is 35.5. The second-order valence-corrected chi connectivity index (χ2v) is 11.0. The lowest BCUT2D eigenvalue weighted by molar-refractivity contribution is 0.627. The number of halogens is 2. The van der Waals surface area contributed by atoms with E-state index in [1.54, 1.807) is 12.1 Å². The maximum atomic E-state index is 14.2. The van der Waals surface area contributed by atoms with E-state index in [4.69, 9.17) is 11.6 Å². The van der Waals surface area contributed by atoms with Crippen molar-refractivity contribution in [3.05, 3.63) is 47.4 Å². The molecule has 0 fully saturated rings. The highest BCUT2D eigenvalue weighted by Crippen LogP contribution is 2.22. The molecule has 1 nitrogen and oxygen atoms in total. The van der Waals surface area contributed by atoms with Crippen LogP contribution in [0, 0.1) is 5.82 Å². The molecule has 0 spiro atoms. The molecule has 2 rings (SSSR count). The average molecular weight is 282 g/mol. The van der Waals surface area contributed by atoms with Crippen molar-refractivity contribution in [3.63, 3.8) is 0 Å². The van der Waals surface area contributed by atoms with Gasteiger partial charge in [-0.2, -0.15) is 0 Å². The van der Waals surface area contributed by atoms with E-state index in [2.05, 4.69) is 19.6 Å². The van der Waals surface area contributed by atoms with Gasteiger partial charge in [-0.05, 0) is 24.3 Å². The summed E-state index contributed by atoms with van der Waals surface area (Å²) in [5.74, 6) is -0.161. The van der Waals surface area contributed by atoms with Crippen molar-refractivity contribution < 1.29 is 4.39 Å². The second-order valence-electron chi connectivity index (χ2n) is 5.47. The van der Waals surface area contributed by atoms with Crippen molar-refractivity contribution in [1.29, 1.82) is 0 Å². The lowest BCUT2D eigenvalue weighted by atomic mass is 10.2. The smallest absolute Gasteiger partial charge is 0.146 e. The van der Waals surface area contributed by atoms with Gasteiger partial charge in [0.2, 0.25) is 0 Å². The van der Waals surface area contributed by atoms with Crippen molar-refractivity contribution in [1.82, 2.24) is 0 Å². The van der Waals surface area contributed by atoms with Gasteiger partial charge in [0.1, 0.15) is 5.82 Å². The summed E-state index contributed by atoms with van der Waals surface area (Å²) >= 11 is 5.85. The molecule has 0 radical (unpaired) electrons. The molecular weight excluding hydrogens is 265 g/mol. The predicted octanol–water partition coefficient (Wildman–Crippen LogP) is 3.83. The molecule has 1 aliphatic heterocycles. The van der Waals surface area contributed by atoms with E-state index in [0.717, 1.165) is 5.19 Å². The van der Waals surface area contributed by atoms with Crippen LogP contribution in [0.25, 0.3) is 0 Å². The Morgan fingerprint density at radius 3 is 2.50 bits per heavy atom. The fraction of sp³-hybridized carbons (Fsp3) is 0.286. The third-order valence-electron chi connectivity index (χ3n) is 3.02. The van der Waals surface area contributed by atoms with Gasteiger partial charge in [-0.3, -0.25) is 0 Å². The molecule has 0 unspecified atom stereocenters. The molecule has 1 aliphatic rings. The summed E-state index contributed by atoms with van der Waals surface area (Å²) in [6.07, 6.45) is 5.46. The van der Waals surface area contributed by atoms with Gasteiger partial charge in [-0.1, -0.05) is 42.5 Å². The van der Waals surface area contributed by atoms with Gasteiger partial charge >= 0.3 is 0 Å². The molecule has 0 amide bonds. The summed E-state index contributed by atoms with van der Waals surface area (Å²) in [7, 11) is -1.46. The van der Waals surface area contributed by atoms with Crippen molar-refractivity contribution >= 4 is 30.5 Å². The first-order valence-electron chi connectivity index (χ1n) is 5.98. The largest absolute Gasteiger partial charge is 0.342 e. The maximum absolute atomic E-state index is 14.2. The Hall–Kier alpha value is -1.06. The first kappa shape index (κ1) is 13.4. The molecule has 1 aromatic rings. The molecule has 1 aromatic carbocycles. The average Bonchev–Trinajstić information content (AvgIpc) is 2.29. The molecule has 0 bridgehead atoms. The number of allylic oxidation sites excluding steroid dienone is 2. The maximum Gasteiger partial charge on any atom is 0.146 e. The van der Waals surface area contributed by atoms with E-state index in [9.17, 15) is 4.39 Å². The van der Waals surface area contributed by atoms with E-state index in [1.165, 1.54) is 0 Å². The van der Waals surface area contributed by atoms with Gasteiger partial charge < -0.3 is 4.90 Å². The Morgan fingerprint density at radius 2 is 2.00 bits per heavy atom. The molecule has 1 heterocycles. The Labute approximate surface area is 114 Å². The van der Waals surface area contributed by atoms with Crippen LogP contribution in [0.3, 0.4) is 0 Å². The zero-order valence-electron chi connectivity index (χ0n) is 10.9. The number of hydrogen-bond donors (Lipinski definition) is 0. The van der Waals surface area contributed by atoms with Crippen molar-refractivity contribution in [3.8, 4) is 0 Å². The summed E-state index contributed by atoms with van der Waals surface area (Å²) < 4.78 is 14.2. The monoisotopic (exact) mass is 281 g/mol. The summed E-state index contributed by atoms with van der Waals surface area (Å²) in [6.45, 7) is 7.25. The van der Waals surface area contributed by atoms with E-state index < -0.39 is 8.07 Å². The molecule has 0 N–H and O–H groups in total. The van der Waals surface area contributed by atoms with Crippen LogP contribution in [0.1, 0.15) is 0 Å². The summed E-state index contributed by atoms with van der Waals surface area (Å²) in [4.78, 5) is 1.86. The molecule has 0 aliphatic carbocycles. The fourth-order valence-corrected chi connectivity index (χ4v) is 3.13. The molecule has 0 atom stereocenters. The minimum absolute atomic E-state index is 0.161. The predicted molar refractivity (Wildman–Crippen MR) is 79.8 cm³/mol. The lowest BCUT2D eigenvalue weighted by Crippen LogP contribution is -2.38. The van der Waals surface area contributed by atoms with E-state index >= 15 is 0 Å². The first-order chi connectivity index (χ1) is 8.38. The Balaban J connectivity index is 2.29. The lowest BCUT2D eigenvalue weighted by Gasteiger charge is -2.24. The number of nitrogens with zero attached hydrogens (tertiary/aromatic N) is 1. The van der Waals surface area contributed by atoms with Gasteiger partial charge in [-0.25, -0.2) is 4.39 Å². The van der Waals surface area contributed by atoms with Crippen molar-refractivity contribution in [2.75, 3.05) is 11.4 Å². The molecular formula is C14H17ClFNSi. The fourth-order valence-electron chi connectivity index (χ4n) is 1.86. The zero-order chi connectivity index (χ0) is 13.3. The Bertz CT molecular complexity index is 517. The van der Waals surface area contributed by atoms with Crippen LogP contribution in [0.4, 0.5) is 10.1 Å². The summed E-state index contributed by atoms with van der Waals surface area (Å²) in [5, 5.41) is 1.84. The standard InChI is InChI=1S/C14H17ClFNSi/c1-18(2,3)12-4-5-14(13(16)10-12)17-8-6-11(15)7-9-17/h4-8,10H,9H2,1-3H3. The minimum Gasteiger partial charge on any atom is -0.342 e. The van der Waals surface area contributed by atoms with Gasteiger partial charge in [0, 0.05) is 17.8 Å². The van der Waals surface area contributed by atoms with E-state index in [0.29, 0.717) is 17.3 Å². The van der Waals surface area contributed by atoms with Crippen LogP contribution in [0.5, 0.6) is 0 Å². The SMILES string of the molecule is C[Si](C)(C)c1ccc(N2C=CC(Cl)=CC2)c(F)c1. The molecule has 4 heteroatoms. The molecule has 0 aromatic heterocycles. The van der Waals surface area contributed by atoms with Crippen LogP contribution < -0.4 is 10.1 Å². The number of benzene rings is 1. The van der Waals surface area contributed by atoms with Crippen molar-refractivity contribution in [2.45, 2.75) is 19.6 Å². The van der Waals surface area contributed by atoms with Gasteiger partial charge in [-0.15, -0.1) is 0 Å². The highest BCUT2D eigenvalue weighted by molar-refractivity contribution is 6.88. The quantitative estimate of drug-likeness (QED) is 0.745. The Kier molecular flexibility index (Phi) is 3.64. The van der Waals surface area contributed by atoms with E-state index in [-0.39, 0.29) is 5.82 Å². The summed E-state index contributed by atoms with van der Waals surface area (Å²) in [5.41, 5.74) is 0.605. The van der Waals surface area contributed by atoms with Crippen molar-refractivity contribution in [2.24, 2.45) is 0 Å². The van der Waals surface area contributed by atoms with Crippen LogP contribution in [-0.2, 0) is 0 Å². The molecule has 96 valence electrons. The van der Waals surface area contributed by atoms with Gasteiger partial charge in [0.25, 0.3) is 0 Å². The molecule has 18 heavy (non-hydrogen) atoms. The van der Waals surface area contributed by atoms with Crippen LogP contribution >= 0.6 is 11.6 Å². The molecule has 0 saturated carbocycles. The summed E-state index contributed by atoms with van der Waals surface area (Å²) in [6, 6.07) is 5.58. The normalized spacial score (nSPS) is 15.8. The topological polar surface area (TPSA) is 3.24 Å². The number of hydrogen-bond acceptors (Lipinski definition) is 1. The van der Waals surface area contributed by atoms with Gasteiger partial charge in [0.15, 0.2) is 0 Å². The van der Waals surface area contributed by atoms with Crippen LogP contribution in [-0.4, -0.2) is 14.6 Å². The molecule has 0 saturated heterocycles. The highest BCUT2D eigenvalue weighted by Gasteiger charge is 2.19. The van der Waals surface area contributed by atoms with Crippen LogP contribution in [0.15, 0.2) is 41.6 Å². The Morgan fingerprint density at radius 1 is 1.28 bits per heavy atom. The second kappa shape index (κ2) is 4.90. The third kappa shape index (κ3) is 2.84. The zero-order valence-corrected chi connectivity index (χ0v) is 12.6. The van der Waals surface area contributed by atoms with Gasteiger partial charge in [0.05, 0.1) is 13.8 Å². The number of anilines is 1. The number of rotatable bonds is 2. The van der Waals surface area contributed by atoms with Crippen LogP contribution in [0.2, 0.25) is 19.6 Å². The minimum atomic E-state index is -1.46. The first-order valence-corrected chi connectivity index (χ1v) is 9.86.